The SMILES string of the molecule is Cc1nc2ccccc2n1-c1cc(N)nc(Nc2ccc(OC(F)F)c(F)c2)n1.Cc1nc2ccccc2n1C1=CC(N)=NC(N)(c2ccc(C(F)(F)F)c(F)c2)N1. The second-order valence-electron chi connectivity index (χ2n) is 12.7. The Morgan fingerprint density at radius 1 is 0.776 bits per heavy atom. The molecule has 3 aromatic heterocycles. The van der Waals surface area contributed by atoms with Crippen LogP contribution >= 0.6 is 0 Å². The van der Waals surface area contributed by atoms with Gasteiger partial charge in [0.05, 0.1) is 27.6 Å². The van der Waals surface area contributed by atoms with Crippen molar-refractivity contribution in [3.8, 4) is 11.6 Å². The van der Waals surface area contributed by atoms with E-state index in [0.29, 0.717) is 35.4 Å². The molecule has 1 aliphatic heterocycles. The van der Waals surface area contributed by atoms with Gasteiger partial charge in [-0.25, -0.2) is 23.7 Å². The van der Waals surface area contributed by atoms with Gasteiger partial charge in [0.25, 0.3) is 0 Å². The Morgan fingerprint density at radius 2 is 1.41 bits per heavy atom. The highest BCUT2D eigenvalue weighted by Crippen LogP contribution is 2.34. The number of imidazole rings is 2. The molecule has 1 unspecified atom stereocenters. The van der Waals surface area contributed by atoms with Crippen LogP contribution in [0.3, 0.4) is 0 Å². The Morgan fingerprint density at radius 3 is 2.03 bits per heavy atom. The quantitative estimate of drug-likeness (QED) is 0.103. The number of hydrogen-bond acceptors (Lipinski definition) is 11. The summed E-state index contributed by atoms with van der Waals surface area (Å²) >= 11 is 0. The number of fused-ring (bicyclic) bond motifs is 2. The first-order valence-corrected chi connectivity index (χ1v) is 17.1. The number of alkyl halides is 5. The summed E-state index contributed by atoms with van der Waals surface area (Å²) < 4.78 is 98.8. The summed E-state index contributed by atoms with van der Waals surface area (Å²) in [7, 11) is 0. The van der Waals surface area contributed by atoms with E-state index < -0.39 is 41.5 Å². The molecule has 4 heterocycles. The number of aryl methyl sites for hydroxylation is 2. The molecule has 0 saturated carbocycles. The minimum atomic E-state index is -4.81. The molecule has 8 N–H and O–H groups in total. The summed E-state index contributed by atoms with van der Waals surface area (Å²) in [6.07, 6.45) is -3.29. The fourth-order valence-corrected chi connectivity index (χ4v) is 6.28. The van der Waals surface area contributed by atoms with Crippen molar-refractivity contribution in [2.75, 3.05) is 11.1 Å². The monoisotopic (exact) mass is 804 g/mol. The third-order valence-electron chi connectivity index (χ3n) is 8.69. The van der Waals surface area contributed by atoms with Gasteiger partial charge in [0.2, 0.25) is 11.7 Å². The van der Waals surface area contributed by atoms with Gasteiger partial charge in [-0.15, -0.1) is 0 Å². The molecule has 0 saturated heterocycles. The lowest BCUT2D eigenvalue weighted by molar-refractivity contribution is -0.140. The third-order valence-corrected chi connectivity index (χ3v) is 8.69. The van der Waals surface area contributed by atoms with Gasteiger partial charge in [0, 0.05) is 29.5 Å². The summed E-state index contributed by atoms with van der Waals surface area (Å²) in [5, 5.41) is 5.76. The number of aromatic nitrogens is 6. The van der Waals surface area contributed by atoms with Gasteiger partial charge >= 0.3 is 12.8 Å². The number of nitrogens with zero attached hydrogens (tertiary/aromatic N) is 7. The molecule has 4 aromatic carbocycles. The minimum absolute atomic E-state index is 0.0152. The van der Waals surface area contributed by atoms with Crippen molar-refractivity contribution in [3.63, 3.8) is 0 Å². The highest BCUT2D eigenvalue weighted by molar-refractivity contribution is 5.98. The van der Waals surface area contributed by atoms with Crippen LogP contribution < -0.4 is 32.6 Å². The number of amidine groups is 1. The number of ether oxygens (including phenoxy) is 1. The van der Waals surface area contributed by atoms with Crippen molar-refractivity contribution in [1.29, 1.82) is 0 Å². The fourth-order valence-electron chi connectivity index (χ4n) is 6.28. The lowest BCUT2D eigenvalue weighted by atomic mass is 10.0. The van der Waals surface area contributed by atoms with E-state index in [1.807, 2.05) is 60.0 Å². The third kappa shape index (κ3) is 7.89. The van der Waals surface area contributed by atoms with Crippen LogP contribution in [-0.4, -0.2) is 41.5 Å². The molecular weight excluding hydrogens is 773 g/mol. The molecule has 0 spiro atoms. The minimum Gasteiger partial charge on any atom is -0.432 e. The van der Waals surface area contributed by atoms with Crippen LogP contribution in [0.2, 0.25) is 0 Å². The molecule has 0 fully saturated rings. The largest absolute Gasteiger partial charge is 0.432 e. The van der Waals surface area contributed by atoms with Gasteiger partial charge in [0.15, 0.2) is 11.6 Å². The van der Waals surface area contributed by atoms with Crippen molar-refractivity contribution in [2.24, 2.45) is 16.5 Å². The van der Waals surface area contributed by atoms with Crippen molar-refractivity contribution >= 4 is 51.2 Å². The topological polar surface area (TPSA) is 185 Å². The number of nitrogen functional groups attached to an aromatic ring is 1. The number of nitrogens with two attached hydrogens (primary N) is 3. The molecule has 0 radical (unpaired) electrons. The number of para-hydroxylation sites is 4. The van der Waals surface area contributed by atoms with Gasteiger partial charge in [-0.2, -0.15) is 31.9 Å². The fraction of sp³-hybridized carbons (Fsp3) is 0.132. The number of hydrogen-bond donors (Lipinski definition) is 5. The molecule has 58 heavy (non-hydrogen) atoms. The second kappa shape index (κ2) is 15.0. The Hall–Kier alpha value is -7.22. The highest BCUT2D eigenvalue weighted by atomic mass is 19.4. The van der Waals surface area contributed by atoms with Crippen molar-refractivity contribution < 1.29 is 35.5 Å². The van der Waals surface area contributed by atoms with Crippen LogP contribution in [0.5, 0.6) is 5.75 Å². The first kappa shape index (κ1) is 39.0. The standard InChI is InChI=1S/C19H16F4N6.C19H15F3N6O/c1-10-26-14-4-2-3-5-15(14)29(10)17-9-16(24)27-19(25,28-17)11-6-7-12(13(20)8-11)18(21,22)23;1-10-24-13-4-2-3-5-14(13)28(10)17-9-16(23)26-19(27-17)25-11-6-7-15(12(20)8-11)29-18(21)22/h2-9,28H,25H2,1H3,(H2,24,27);2-9,18H,1H3,(H3,23,25,26,27). The van der Waals surface area contributed by atoms with Crippen LogP contribution in [0.15, 0.2) is 102 Å². The zero-order valence-electron chi connectivity index (χ0n) is 30.2. The van der Waals surface area contributed by atoms with E-state index in [-0.39, 0.29) is 28.9 Å². The van der Waals surface area contributed by atoms with Gasteiger partial charge in [0.1, 0.15) is 40.8 Å². The molecular formula is C38H31F7N12O. The van der Waals surface area contributed by atoms with Crippen LogP contribution in [-0.2, 0) is 12.0 Å². The lowest BCUT2D eigenvalue weighted by Crippen LogP contribution is -2.52. The molecule has 8 rings (SSSR count). The van der Waals surface area contributed by atoms with Crippen molar-refractivity contribution in [3.05, 3.63) is 131 Å². The maximum atomic E-state index is 14.1. The molecule has 1 atom stereocenters. The Kier molecular flexibility index (Phi) is 10.1. The van der Waals surface area contributed by atoms with Crippen molar-refractivity contribution in [1.82, 2.24) is 34.4 Å². The van der Waals surface area contributed by atoms with Crippen molar-refractivity contribution in [2.45, 2.75) is 32.4 Å². The second-order valence-corrected chi connectivity index (χ2v) is 12.7. The maximum Gasteiger partial charge on any atom is 0.419 e. The molecule has 298 valence electrons. The molecule has 13 nitrogen and oxygen atoms in total. The first-order valence-electron chi connectivity index (χ1n) is 17.1. The van der Waals surface area contributed by atoms with Crippen LogP contribution in [0.4, 0.5) is 48.2 Å². The number of aliphatic imine (C=N–C) groups is 1. The predicted molar refractivity (Wildman–Crippen MR) is 203 cm³/mol. The molecule has 0 aliphatic carbocycles. The first-order chi connectivity index (χ1) is 27.5. The van der Waals surface area contributed by atoms with E-state index >= 15 is 0 Å². The van der Waals surface area contributed by atoms with E-state index in [2.05, 4.69) is 40.3 Å². The molecule has 0 amide bonds. The summed E-state index contributed by atoms with van der Waals surface area (Å²) in [5.41, 5.74) is 20.1. The van der Waals surface area contributed by atoms with E-state index in [9.17, 15) is 30.7 Å². The molecule has 1 aliphatic rings. The van der Waals surface area contributed by atoms with E-state index in [4.69, 9.17) is 17.2 Å². The van der Waals surface area contributed by atoms with Gasteiger partial charge in [-0.05, 0) is 62.4 Å². The number of rotatable bonds is 7. The Bertz CT molecular complexity index is 2740. The number of benzene rings is 4. The summed E-state index contributed by atoms with van der Waals surface area (Å²) in [5.74, 6) is -2.18. The zero-order chi connectivity index (χ0) is 41.5. The van der Waals surface area contributed by atoms with Gasteiger partial charge < -0.3 is 26.8 Å². The molecule has 0 bridgehead atoms. The lowest BCUT2D eigenvalue weighted by Gasteiger charge is -2.33. The summed E-state index contributed by atoms with van der Waals surface area (Å²) in [4.78, 5) is 21.6. The van der Waals surface area contributed by atoms with E-state index in [0.717, 1.165) is 40.3 Å². The number of halogens is 7. The molecule has 7 aromatic rings. The average Bonchev–Trinajstić information content (AvgIpc) is 3.66. The Labute approximate surface area is 323 Å². The Balaban J connectivity index is 0.000000177. The van der Waals surface area contributed by atoms with Gasteiger partial charge in [-0.1, -0.05) is 30.3 Å². The predicted octanol–water partition coefficient (Wildman–Crippen LogP) is 7.22. The van der Waals surface area contributed by atoms with Crippen LogP contribution in [0.25, 0.3) is 33.7 Å². The van der Waals surface area contributed by atoms with Crippen LogP contribution in [0, 0.1) is 25.5 Å². The van der Waals surface area contributed by atoms with E-state index in [1.54, 1.807) is 17.6 Å². The number of nitrogens with one attached hydrogen (secondary N) is 2. The normalized spacial score (nSPS) is 15.4. The van der Waals surface area contributed by atoms with E-state index in [1.165, 1.54) is 12.1 Å². The average molecular weight is 805 g/mol. The maximum absolute atomic E-state index is 14.1. The summed E-state index contributed by atoms with van der Waals surface area (Å²) in [6.45, 7) is 0.500. The number of anilines is 3. The van der Waals surface area contributed by atoms with Gasteiger partial charge in [-0.3, -0.25) is 14.9 Å². The molecule has 20 heteroatoms. The highest BCUT2D eigenvalue weighted by Gasteiger charge is 2.37. The summed E-state index contributed by atoms with van der Waals surface area (Å²) in [6, 6.07) is 22.4. The smallest absolute Gasteiger partial charge is 0.419 e. The zero-order valence-corrected chi connectivity index (χ0v) is 30.2. The van der Waals surface area contributed by atoms with Crippen LogP contribution in [0.1, 0.15) is 22.8 Å².